The van der Waals surface area contributed by atoms with E-state index in [1.54, 1.807) is 13.8 Å². The lowest BCUT2D eigenvalue weighted by atomic mass is 9.97. The Morgan fingerprint density at radius 1 is 1.75 bits per heavy atom. The predicted molar refractivity (Wildman–Crippen MR) is 39.5 cm³/mol. The van der Waals surface area contributed by atoms with Crippen molar-refractivity contribution in [2.24, 2.45) is 0 Å². The molecule has 1 amide bonds. The van der Waals surface area contributed by atoms with E-state index in [4.69, 9.17) is 4.74 Å². The van der Waals surface area contributed by atoms with Crippen LogP contribution in [-0.2, 0) is 14.3 Å². The highest BCUT2D eigenvalue weighted by Crippen LogP contribution is 2.21. The first-order chi connectivity index (χ1) is 5.50. The van der Waals surface area contributed by atoms with Gasteiger partial charge in [-0.05, 0) is 13.8 Å². The van der Waals surface area contributed by atoms with Crippen LogP contribution in [0.2, 0.25) is 0 Å². The molecule has 1 heterocycles. The average Bonchev–Trinajstić information content (AvgIpc) is 2.26. The highest BCUT2D eigenvalue weighted by molar-refractivity contribution is 5.88. The highest BCUT2D eigenvalue weighted by Gasteiger charge is 2.49. The fraction of sp³-hybridized carbons (Fsp3) is 0.714. The van der Waals surface area contributed by atoms with Crippen molar-refractivity contribution in [3.63, 3.8) is 0 Å². The Labute approximate surface area is 70.0 Å². The van der Waals surface area contributed by atoms with Gasteiger partial charge in [0.05, 0.1) is 7.11 Å². The van der Waals surface area contributed by atoms with E-state index in [-0.39, 0.29) is 0 Å². The lowest BCUT2D eigenvalue weighted by molar-refractivity contribution is -0.149. The summed E-state index contributed by atoms with van der Waals surface area (Å²) in [7, 11) is 1.27. The van der Waals surface area contributed by atoms with E-state index in [1.807, 2.05) is 0 Å². The van der Waals surface area contributed by atoms with Gasteiger partial charge in [-0.25, -0.2) is 9.59 Å². The quantitative estimate of drug-likeness (QED) is 0.569. The van der Waals surface area contributed by atoms with Crippen LogP contribution in [0.25, 0.3) is 0 Å². The SMILES string of the molecule is COC(=O)[C@]1(C)NC(=O)O[C@H]1C. The summed E-state index contributed by atoms with van der Waals surface area (Å²) in [6.45, 7) is 3.20. The van der Waals surface area contributed by atoms with Crippen LogP contribution in [0.4, 0.5) is 4.79 Å². The zero-order valence-electron chi connectivity index (χ0n) is 7.21. The summed E-state index contributed by atoms with van der Waals surface area (Å²) in [4.78, 5) is 21.9. The van der Waals surface area contributed by atoms with Gasteiger partial charge < -0.3 is 14.8 Å². The molecule has 0 saturated carbocycles. The third-order valence-electron chi connectivity index (χ3n) is 2.07. The van der Waals surface area contributed by atoms with E-state index in [0.717, 1.165) is 0 Å². The standard InChI is InChI=1S/C7H11NO4/c1-4-7(2,5(9)11-3)8-6(10)12-4/h4H,1-3H3,(H,8,10)/t4-,7+/m0/s1. The Morgan fingerprint density at radius 2 is 2.33 bits per heavy atom. The third kappa shape index (κ3) is 1.11. The van der Waals surface area contributed by atoms with Crippen LogP contribution in [0, 0.1) is 0 Å². The largest absolute Gasteiger partial charge is 0.467 e. The summed E-state index contributed by atoms with van der Waals surface area (Å²) in [5.74, 6) is -0.499. The number of cyclic esters (lactones) is 1. The summed E-state index contributed by atoms with van der Waals surface area (Å²) < 4.78 is 9.27. The first kappa shape index (κ1) is 8.83. The van der Waals surface area contributed by atoms with Crippen LogP contribution in [0.1, 0.15) is 13.8 Å². The summed E-state index contributed by atoms with van der Waals surface area (Å²) in [6, 6.07) is 0. The number of methoxy groups -OCH3 is 1. The monoisotopic (exact) mass is 173 g/mol. The second-order valence-corrected chi connectivity index (χ2v) is 2.87. The molecule has 0 aromatic rings. The van der Waals surface area contributed by atoms with Gasteiger partial charge in [0, 0.05) is 0 Å². The highest BCUT2D eigenvalue weighted by atomic mass is 16.6. The minimum absolute atomic E-state index is 0.499. The molecule has 1 aliphatic heterocycles. The van der Waals surface area contributed by atoms with Gasteiger partial charge in [0.2, 0.25) is 0 Å². The Bertz CT molecular complexity index is 227. The van der Waals surface area contributed by atoms with Gasteiger partial charge in [0.1, 0.15) is 6.10 Å². The lowest BCUT2D eigenvalue weighted by Gasteiger charge is -2.22. The normalized spacial score (nSPS) is 33.9. The van der Waals surface area contributed by atoms with Crippen molar-refractivity contribution in [3.8, 4) is 0 Å². The second-order valence-electron chi connectivity index (χ2n) is 2.87. The van der Waals surface area contributed by atoms with Crippen molar-refractivity contribution in [1.82, 2.24) is 5.32 Å². The Morgan fingerprint density at radius 3 is 2.67 bits per heavy atom. The molecule has 1 aliphatic rings. The van der Waals surface area contributed by atoms with Crippen molar-refractivity contribution in [2.45, 2.75) is 25.5 Å². The molecule has 0 aromatic heterocycles. The summed E-state index contributed by atoms with van der Waals surface area (Å²) in [5.41, 5.74) is -1.05. The minimum atomic E-state index is -1.05. The number of ether oxygens (including phenoxy) is 2. The van der Waals surface area contributed by atoms with Crippen LogP contribution in [0.15, 0.2) is 0 Å². The zero-order valence-corrected chi connectivity index (χ0v) is 7.21. The number of nitrogens with one attached hydrogen (secondary N) is 1. The molecule has 1 fully saturated rings. The van der Waals surface area contributed by atoms with Crippen molar-refractivity contribution in [3.05, 3.63) is 0 Å². The number of amides is 1. The number of rotatable bonds is 1. The number of hydrogen-bond acceptors (Lipinski definition) is 4. The van der Waals surface area contributed by atoms with Crippen molar-refractivity contribution >= 4 is 12.1 Å². The van der Waals surface area contributed by atoms with E-state index in [1.165, 1.54) is 7.11 Å². The molecule has 5 heteroatoms. The number of carbonyl (C=O) groups is 2. The molecule has 2 atom stereocenters. The zero-order chi connectivity index (χ0) is 9.35. The van der Waals surface area contributed by atoms with Crippen molar-refractivity contribution in [2.75, 3.05) is 7.11 Å². The van der Waals surface area contributed by atoms with Gasteiger partial charge in [-0.2, -0.15) is 0 Å². The topological polar surface area (TPSA) is 64.6 Å². The summed E-state index contributed by atoms with van der Waals surface area (Å²) >= 11 is 0. The molecule has 68 valence electrons. The first-order valence-corrected chi connectivity index (χ1v) is 3.58. The Kier molecular flexibility index (Phi) is 1.95. The smallest absolute Gasteiger partial charge is 0.408 e. The first-order valence-electron chi connectivity index (χ1n) is 3.58. The van der Waals surface area contributed by atoms with E-state index >= 15 is 0 Å². The number of esters is 1. The fourth-order valence-corrected chi connectivity index (χ4v) is 1.05. The maximum atomic E-state index is 11.2. The molecule has 0 aromatic carbocycles. The summed E-state index contributed by atoms with van der Waals surface area (Å²) in [5, 5.41) is 2.40. The van der Waals surface area contributed by atoms with E-state index < -0.39 is 23.7 Å². The molecule has 12 heavy (non-hydrogen) atoms. The maximum absolute atomic E-state index is 11.2. The summed E-state index contributed by atoms with van der Waals surface area (Å²) in [6.07, 6.45) is -1.09. The number of alkyl carbamates (subject to hydrolysis) is 1. The van der Waals surface area contributed by atoms with Gasteiger partial charge in [-0.1, -0.05) is 0 Å². The number of carbonyl (C=O) groups excluding carboxylic acids is 2. The van der Waals surface area contributed by atoms with Gasteiger partial charge >= 0.3 is 12.1 Å². The van der Waals surface area contributed by atoms with Crippen LogP contribution >= 0.6 is 0 Å². The van der Waals surface area contributed by atoms with Gasteiger partial charge in [-0.3, -0.25) is 0 Å². The molecule has 1 saturated heterocycles. The van der Waals surface area contributed by atoms with E-state index in [9.17, 15) is 9.59 Å². The van der Waals surface area contributed by atoms with Crippen LogP contribution in [-0.4, -0.2) is 30.8 Å². The predicted octanol–water partition coefficient (Wildman–Crippen LogP) is 0.0464. The molecule has 1 rings (SSSR count). The molecule has 0 unspecified atom stereocenters. The molecular formula is C7H11NO4. The minimum Gasteiger partial charge on any atom is -0.467 e. The lowest BCUT2D eigenvalue weighted by Crippen LogP contribution is -2.52. The van der Waals surface area contributed by atoms with Gasteiger partial charge in [0.25, 0.3) is 0 Å². The average molecular weight is 173 g/mol. The second kappa shape index (κ2) is 2.66. The molecule has 5 nitrogen and oxygen atoms in total. The Hall–Kier alpha value is -1.26. The van der Waals surface area contributed by atoms with Crippen LogP contribution < -0.4 is 5.32 Å². The van der Waals surface area contributed by atoms with Gasteiger partial charge in [-0.15, -0.1) is 0 Å². The molecular weight excluding hydrogens is 162 g/mol. The van der Waals surface area contributed by atoms with E-state index in [0.29, 0.717) is 0 Å². The maximum Gasteiger partial charge on any atom is 0.408 e. The Balaban J connectivity index is 2.84. The van der Waals surface area contributed by atoms with E-state index in [2.05, 4.69) is 10.1 Å². The third-order valence-corrected chi connectivity index (χ3v) is 2.07. The molecule has 0 aliphatic carbocycles. The van der Waals surface area contributed by atoms with Crippen LogP contribution in [0.5, 0.6) is 0 Å². The number of hydrogen-bond donors (Lipinski definition) is 1. The fourth-order valence-electron chi connectivity index (χ4n) is 1.05. The molecule has 0 spiro atoms. The van der Waals surface area contributed by atoms with Crippen LogP contribution in [0.3, 0.4) is 0 Å². The molecule has 0 bridgehead atoms. The molecule has 1 N–H and O–H groups in total. The molecule has 0 radical (unpaired) electrons. The van der Waals surface area contributed by atoms with Crippen molar-refractivity contribution in [1.29, 1.82) is 0 Å². The van der Waals surface area contributed by atoms with Crippen molar-refractivity contribution < 1.29 is 19.1 Å². The van der Waals surface area contributed by atoms with Gasteiger partial charge in [0.15, 0.2) is 5.54 Å².